The first-order valence-electron chi connectivity index (χ1n) is 6.50. The topological polar surface area (TPSA) is 79.3 Å². The standard InChI is InChI=1S/C14H18N2O3/c1-10-5-4-7-14(9-10,13(18)19)16-12(17)11-6-2-3-8-15-11/h2-3,6,8,10H,4-5,7,9H2,1H3,(H,16,17)(H,18,19). The number of aromatic nitrogens is 1. The van der Waals surface area contributed by atoms with Gasteiger partial charge in [0.05, 0.1) is 0 Å². The van der Waals surface area contributed by atoms with Crippen molar-refractivity contribution in [3.05, 3.63) is 30.1 Å². The van der Waals surface area contributed by atoms with Gasteiger partial charge in [-0.3, -0.25) is 9.78 Å². The summed E-state index contributed by atoms with van der Waals surface area (Å²) in [6, 6.07) is 5.00. The summed E-state index contributed by atoms with van der Waals surface area (Å²) in [5, 5.41) is 12.1. The molecule has 5 heteroatoms. The largest absolute Gasteiger partial charge is 0.480 e. The van der Waals surface area contributed by atoms with E-state index in [0.29, 0.717) is 18.8 Å². The SMILES string of the molecule is CC1CCCC(NC(=O)c2ccccn2)(C(=O)O)C1. The number of rotatable bonds is 3. The van der Waals surface area contributed by atoms with Crippen LogP contribution in [-0.2, 0) is 4.79 Å². The molecular weight excluding hydrogens is 244 g/mol. The lowest BCUT2D eigenvalue weighted by Crippen LogP contribution is -2.56. The lowest BCUT2D eigenvalue weighted by Gasteiger charge is -2.36. The number of hydrogen-bond donors (Lipinski definition) is 2. The van der Waals surface area contributed by atoms with Gasteiger partial charge in [0.1, 0.15) is 11.2 Å². The van der Waals surface area contributed by atoms with Crippen LogP contribution in [0.15, 0.2) is 24.4 Å². The number of amides is 1. The molecule has 1 fully saturated rings. The van der Waals surface area contributed by atoms with Crippen LogP contribution in [0.3, 0.4) is 0 Å². The maximum absolute atomic E-state index is 12.1. The van der Waals surface area contributed by atoms with Crippen molar-refractivity contribution in [1.82, 2.24) is 10.3 Å². The first-order chi connectivity index (χ1) is 9.03. The predicted octanol–water partition coefficient (Wildman–Crippen LogP) is 1.84. The zero-order valence-electron chi connectivity index (χ0n) is 10.9. The van der Waals surface area contributed by atoms with E-state index in [1.165, 1.54) is 6.20 Å². The molecule has 0 bridgehead atoms. The quantitative estimate of drug-likeness (QED) is 0.871. The zero-order valence-corrected chi connectivity index (χ0v) is 10.9. The maximum Gasteiger partial charge on any atom is 0.329 e. The fourth-order valence-electron chi connectivity index (χ4n) is 2.69. The Hall–Kier alpha value is -1.91. The molecular formula is C14H18N2O3. The van der Waals surface area contributed by atoms with Crippen molar-refractivity contribution in [2.75, 3.05) is 0 Å². The van der Waals surface area contributed by atoms with Crippen molar-refractivity contribution in [2.24, 2.45) is 5.92 Å². The number of carboxylic acids is 1. The van der Waals surface area contributed by atoms with E-state index < -0.39 is 17.4 Å². The average molecular weight is 262 g/mol. The molecule has 1 saturated carbocycles. The van der Waals surface area contributed by atoms with Gasteiger partial charge in [-0.25, -0.2) is 4.79 Å². The Morgan fingerprint density at radius 2 is 2.26 bits per heavy atom. The van der Waals surface area contributed by atoms with Crippen molar-refractivity contribution in [3.8, 4) is 0 Å². The molecule has 2 atom stereocenters. The van der Waals surface area contributed by atoms with Gasteiger partial charge >= 0.3 is 5.97 Å². The van der Waals surface area contributed by atoms with Gasteiger partial charge in [0.25, 0.3) is 5.91 Å². The number of pyridine rings is 1. The van der Waals surface area contributed by atoms with Gasteiger partial charge in [0.15, 0.2) is 0 Å². The Labute approximate surface area is 112 Å². The first kappa shape index (κ1) is 13.5. The minimum Gasteiger partial charge on any atom is -0.480 e. The predicted molar refractivity (Wildman–Crippen MR) is 69.7 cm³/mol. The number of hydrogen-bond acceptors (Lipinski definition) is 3. The van der Waals surface area contributed by atoms with E-state index >= 15 is 0 Å². The summed E-state index contributed by atoms with van der Waals surface area (Å²) in [6.45, 7) is 2.02. The highest BCUT2D eigenvalue weighted by Gasteiger charge is 2.43. The van der Waals surface area contributed by atoms with E-state index in [1.54, 1.807) is 18.2 Å². The van der Waals surface area contributed by atoms with Crippen molar-refractivity contribution < 1.29 is 14.7 Å². The van der Waals surface area contributed by atoms with Crippen LogP contribution in [-0.4, -0.2) is 27.5 Å². The summed E-state index contributed by atoms with van der Waals surface area (Å²) in [5.74, 6) is -1.07. The van der Waals surface area contributed by atoms with Crippen LogP contribution in [0.25, 0.3) is 0 Å². The van der Waals surface area contributed by atoms with Gasteiger partial charge in [-0.15, -0.1) is 0 Å². The molecule has 5 nitrogen and oxygen atoms in total. The minimum absolute atomic E-state index is 0.251. The Morgan fingerprint density at radius 1 is 1.47 bits per heavy atom. The van der Waals surface area contributed by atoms with Gasteiger partial charge in [0.2, 0.25) is 0 Å². The molecule has 1 aromatic rings. The van der Waals surface area contributed by atoms with Crippen LogP contribution in [0.2, 0.25) is 0 Å². The summed E-state index contributed by atoms with van der Waals surface area (Å²) < 4.78 is 0. The number of aliphatic carboxylic acids is 1. The van der Waals surface area contributed by atoms with Gasteiger partial charge in [0, 0.05) is 6.20 Å². The highest BCUT2D eigenvalue weighted by Crippen LogP contribution is 2.32. The lowest BCUT2D eigenvalue weighted by molar-refractivity contribution is -0.146. The van der Waals surface area contributed by atoms with Gasteiger partial charge in [-0.1, -0.05) is 25.8 Å². The summed E-state index contributed by atoms with van der Waals surface area (Å²) in [7, 11) is 0. The highest BCUT2D eigenvalue weighted by molar-refractivity contribution is 5.96. The van der Waals surface area contributed by atoms with E-state index in [9.17, 15) is 14.7 Å². The third-order valence-corrected chi connectivity index (χ3v) is 3.66. The van der Waals surface area contributed by atoms with Crippen molar-refractivity contribution in [1.29, 1.82) is 0 Å². The summed E-state index contributed by atoms with van der Waals surface area (Å²) in [4.78, 5) is 27.6. The third-order valence-electron chi connectivity index (χ3n) is 3.66. The maximum atomic E-state index is 12.1. The van der Waals surface area contributed by atoms with Gasteiger partial charge < -0.3 is 10.4 Å². The van der Waals surface area contributed by atoms with Crippen LogP contribution >= 0.6 is 0 Å². The molecule has 0 spiro atoms. The van der Waals surface area contributed by atoms with Crippen molar-refractivity contribution in [2.45, 2.75) is 38.1 Å². The fourth-order valence-corrected chi connectivity index (χ4v) is 2.69. The van der Waals surface area contributed by atoms with Crippen LogP contribution in [0.1, 0.15) is 43.1 Å². The summed E-state index contributed by atoms with van der Waals surface area (Å²) in [5.41, 5.74) is -0.895. The molecule has 1 aromatic heterocycles. The molecule has 0 aromatic carbocycles. The molecule has 0 radical (unpaired) electrons. The Kier molecular flexibility index (Phi) is 3.83. The Morgan fingerprint density at radius 3 is 2.84 bits per heavy atom. The van der Waals surface area contributed by atoms with Crippen LogP contribution in [0, 0.1) is 5.92 Å². The average Bonchev–Trinajstić information content (AvgIpc) is 2.39. The van der Waals surface area contributed by atoms with Crippen LogP contribution in [0.4, 0.5) is 0 Å². The molecule has 19 heavy (non-hydrogen) atoms. The molecule has 102 valence electrons. The van der Waals surface area contributed by atoms with Gasteiger partial charge in [-0.05, 0) is 30.9 Å². The number of carbonyl (C=O) groups excluding carboxylic acids is 1. The van der Waals surface area contributed by atoms with E-state index in [4.69, 9.17) is 0 Å². The van der Waals surface area contributed by atoms with E-state index in [2.05, 4.69) is 10.3 Å². The lowest BCUT2D eigenvalue weighted by atomic mass is 9.76. The number of nitrogens with zero attached hydrogens (tertiary/aromatic N) is 1. The molecule has 2 N–H and O–H groups in total. The van der Waals surface area contributed by atoms with Crippen LogP contribution < -0.4 is 5.32 Å². The molecule has 2 rings (SSSR count). The Balaban J connectivity index is 2.18. The van der Waals surface area contributed by atoms with Gasteiger partial charge in [-0.2, -0.15) is 0 Å². The molecule has 0 aliphatic heterocycles. The Bertz CT molecular complexity index is 475. The second kappa shape index (κ2) is 5.38. The first-order valence-corrected chi connectivity index (χ1v) is 6.50. The molecule has 1 heterocycles. The summed E-state index contributed by atoms with van der Waals surface area (Å²) in [6.07, 6.45) is 4.29. The molecule has 2 unspecified atom stereocenters. The molecule has 0 saturated heterocycles. The van der Waals surface area contributed by atoms with Crippen molar-refractivity contribution >= 4 is 11.9 Å². The molecule has 1 amide bonds. The van der Waals surface area contributed by atoms with Crippen LogP contribution in [0.5, 0.6) is 0 Å². The smallest absolute Gasteiger partial charge is 0.329 e. The highest BCUT2D eigenvalue weighted by atomic mass is 16.4. The second-order valence-corrected chi connectivity index (χ2v) is 5.26. The number of carboxylic acid groups (broad SMARTS) is 1. The van der Waals surface area contributed by atoms with E-state index in [0.717, 1.165) is 12.8 Å². The van der Waals surface area contributed by atoms with E-state index in [-0.39, 0.29) is 5.69 Å². The molecule has 1 aliphatic carbocycles. The third kappa shape index (κ3) is 2.92. The fraction of sp³-hybridized carbons (Fsp3) is 0.500. The van der Waals surface area contributed by atoms with E-state index in [1.807, 2.05) is 6.92 Å². The monoisotopic (exact) mass is 262 g/mol. The molecule has 1 aliphatic rings. The number of carbonyl (C=O) groups is 2. The van der Waals surface area contributed by atoms with Crippen molar-refractivity contribution in [3.63, 3.8) is 0 Å². The summed E-state index contributed by atoms with van der Waals surface area (Å²) >= 11 is 0. The second-order valence-electron chi connectivity index (χ2n) is 5.26. The normalized spacial score (nSPS) is 26.7. The number of nitrogens with one attached hydrogen (secondary N) is 1. The minimum atomic E-state index is -1.15. The zero-order chi connectivity index (χ0) is 13.9.